The molecule has 1 amide bonds. The lowest BCUT2D eigenvalue weighted by atomic mass is 10.0. The fourth-order valence-electron chi connectivity index (χ4n) is 3.77. The van der Waals surface area contributed by atoms with Crippen molar-refractivity contribution in [1.82, 2.24) is 0 Å². The highest BCUT2D eigenvalue weighted by Crippen LogP contribution is 2.37. The first-order valence-corrected chi connectivity index (χ1v) is 10.1. The minimum atomic E-state index is -0.311. The summed E-state index contributed by atoms with van der Waals surface area (Å²) in [4.78, 5) is 15.3. The first-order chi connectivity index (χ1) is 14.2. The van der Waals surface area contributed by atoms with Crippen LogP contribution in [0.15, 0.2) is 72.8 Å². The number of amides is 1. The predicted molar refractivity (Wildman–Crippen MR) is 118 cm³/mol. The number of nitrogens with one attached hydrogen (secondary N) is 1. The van der Waals surface area contributed by atoms with E-state index in [9.17, 15) is 4.79 Å². The summed E-state index contributed by atoms with van der Waals surface area (Å²) in [6.07, 6.45) is 3.09. The highest BCUT2D eigenvalue weighted by molar-refractivity contribution is 6.12. The Kier molecular flexibility index (Phi) is 5.52. The number of anilines is 2. The highest BCUT2D eigenvalue weighted by atomic mass is 16.5. The van der Waals surface area contributed by atoms with Gasteiger partial charge in [0.25, 0.3) is 5.91 Å². The number of fused-ring (bicyclic) bond motifs is 1. The quantitative estimate of drug-likeness (QED) is 0.581. The van der Waals surface area contributed by atoms with E-state index in [1.54, 1.807) is 7.11 Å². The molecule has 0 saturated carbocycles. The molecule has 0 spiro atoms. The maximum Gasteiger partial charge on any atom is 0.262 e. The van der Waals surface area contributed by atoms with Crippen molar-refractivity contribution in [2.45, 2.75) is 32.4 Å². The third kappa shape index (κ3) is 3.83. The Bertz CT molecular complexity index is 998. The minimum Gasteiger partial charge on any atom is -0.497 e. The van der Waals surface area contributed by atoms with E-state index in [4.69, 9.17) is 4.74 Å². The Labute approximate surface area is 172 Å². The maximum atomic E-state index is 13.5. The van der Waals surface area contributed by atoms with E-state index in [0.29, 0.717) is 5.56 Å². The molecule has 4 heteroatoms. The Balaban J connectivity index is 1.75. The van der Waals surface area contributed by atoms with Crippen LogP contribution in [0, 0.1) is 0 Å². The lowest BCUT2D eigenvalue weighted by Crippen LogP contribution is -2.43. The van der Waals surface area contributed by atoms with Crippen LogP contribution in [0.1, 0.15) is 47.4 Å². The normalized spacial score (nSPS) is 15.6. The summed E-state index contributed by atoms with van der Waals surface area (Å²) in [5.74, 6) is 0.763. The van der Waals surface area contributed by atoms with Gasteiger partial charge in [-0.05, 0) is 60.4 Å². The summed E-state index contributed by atoms with van der Waals surface area (Å²) < 4.78 is 5.40. The molecule has 1 aliphatic heterocycles. The lowest BCUT2D eigenvalue weighted by molar-refractivity contribution is 0.0975. The fraction of sp³-hybridized carbons (Fsp3) is 0.240. The van der Waals surface area contributed by atoms with Crippen LogP contribution in [0.2, 0.25) is 0 Å². The summed E-state index contributed by atoms with van der Waals surface area (Å²) in [6, 6.07) is 23.9. The molecule has 0 radical (unpaired) electrons. The fourth-order valence-corrected chi connectivity index (χ4v) is 3.77. The second kappa shape index (κ2) is 8.39. The standard InChI is InChI=1S/C25H26N2O2/c1-3-4-8-18-13-15-20(16-14-18)27-24(19-9-7-10-21(17-19)29-2)26-23-12-6-5-11-22(23)25(27)28/h5-7,9-17,24,26H,3-4,8H2,1-2H3. The third-order valence-corrected chi connectivity index (χ3v) is 5.37. The maximum absolute atomic E-state index is 13.5. The topological polar surface area (TPSA) is 41.6 Å². The third-order valence-electron chi connectivity index (χ3n) is 5.37. The van der Waals surface area contributed by atoms with Gasteiger partial charge in [-0.1, -0.05) is 49.7 Å². The van der Waals surface area contributed by atoms with Gasteiger partial charge < -0.3 is 10.1 Å². The van der Waals surface area contributed by atoms with Crippen molar-refractivity contribution in [3.63, 3.8) is 0 Å². The van der Waals surface area contributed by atoms with Crippen molar-refractivity contribution >= 4 is 17.3 Å². The van der Waals surface area contributed by atoms with Crippen molar-refractivity contribution < 1.29 is 9.53 Å². The average molecular weight is 386 g/mol. The average Bonchev–Trinajstić information content (AvgIpc) is 2.78. The molecular formula is C25H26N2O2. The molecule has 1 atom stereocenters. The second-order valence-electron chi connectivity index (χ2n) is 7.31. The van der Waals surface area contributed by atoms with Gasteiger partial charge >= 0.3 is 0 Å². The lowest BCUT2D eigenvalue weighted by Gasteiger charge is -2.38. The Morgan fingerprint density at radius 1 is 1.00 bits per heavy atom. The second-order valence-corrected chi connectivity index (χ2v) is 7.31. The molecule has 29 heavy (non-hydrogen) atoms. The van der Waals surface area contributed by atoms with Gasteiger partial charge in [-0.15, -0.1) is 0 Å². The zero-order valence-electron chi connectivity index (χ0n) is 16.9. The zero-order chi connectivity index (χ0) is 20.2. The first-order valence-electron chi connectivity index (χ1n) is 10.1. The molecule has 3 aromatic rings. The molecule has 4 rings (SSSR count). The number of carbonyl (C=O) groups excluding carboxylic acids is 1. The van der Waals surface area contributed by atoms with Crippen LogP contribution >= 0.6 is 0 Å². The van der Waals surface area contributed by atoms with Crippen LogP contribution in [-0.4, -0.2) is 13.0 Å². The number of unbranched alkanes of at least 4 members (excludes halogenated alkanes) is 1. The number of hydrogen-bond donors (Lipinski definition) is 1. The van der Waals surface area contributed by atoms with Crippen molar-refractivity contribution in [3.8, 4) is 5.75 Å². The molecule has 0 saturated heterocycles. The van der Waals surface area contributed by atoms with Crippen molar-refractivity contribution in [1.29, 1.82) is 0 Å². The van der Waals surface area contributed by atoms with Gasteiger partial charge in [0.2, 0.25) is 0 Å². The van der Waals surface area contributed by atoms with E-state index < -0.39 is 0 Å². The number of ether oxygens (including phenoxy) is 1. The largest absolute Gasteiger partial charge is 0.497 e. The first kappa shape index (κ1) is 19.1. The van der Waals surface area contributed by atoms with Crippen LogP contribution < -0.4 is 15.0 Å². The van der Waals surface area contributed by atoms with Gasteiger partial charge in [0, 0.05) is 11.4 Å². The zero-order valence-corrected chi connectivity index (χ0v) is 16.9. The predicted octanol–water partition coefficient (Wildman–Crippen LogP) is 5.81. The van der Waals surface area contributed by atoms with E-state index in [-0.39, 0.29) is 12.1 Å². The molecule has 1 unspecified atom stereocenters. The summed E-state index contributed by atoms with van der Waals surface area (Å²) in [7, 11) is 1.65. The Morgan fingerprint density at radius 3 is 2.55 bits per heavy atom. The summed E-state index contributed by atoms with van der Waals surface area (Å²) >= 11 is 0. The van der Waals surface area contributed by atoms with Gasteiger partial charge in [0.1, 0.15) is 11.9 Å². The number of carbonyl (C=O) groups is 1. The summed E-state index contributed by atoms with van der Waals surface area (Å²) in [5.41, 5.74) is 4.68. The van der Waals surface area contributed by atoms with E-state index in [1.165, 1.54) is 18.4 Å². The van der Waals surface area contributed by atoms with Crippen LogP contribution in [-0.2, 0) is 6.42 Å². The molecule has 1 N–H and O–H groups in total. The van der Waals surface area contributed by atoms with E-state index >= 15 is 0 Å². The summed E-state index contributed by atoms with van der Waals surface area (Å²) in [6.45, 7) is 2.20. The van der Waals surface area contributed by atoms with E-state index in [2.05, 4.69) is 24.4 Å². The van der Waals surface area contributed by atoms with Crippen LogP contribution in [0.5, 0.6) is 5.75 Å². The van der Waals surface area contributed by atoms with Crippen LogP contribution in [0.4, 0.5) is 11.4 Å². The van der Waals surface area contributed by atoms with Gasteiger partial charge in [-0.25, -0.2) is 0 Å². The van der Waals surface area contributed by atoms with Crippen molar-refractivity contribution in [2.24, 2.45) is 0 Å². The number of para-hydroxylation sites is 1. The molecule has 0 aromatic heterocycles. The van der Waals surface area contributed by atoms with E-state index in [0.717, 1.165) is 29.1 Å². The SMILES string of the molecule is CCCCc1ccc(N2C(=O)c3ccccc3NC2c2cccc(OC)c2)cc1. The molecule has 0 fully saturated rings. The molecule has 0 bridgehead atoms. The number of benzene rings is 3. The molecule has 4 nitrogen and oxygen atoms in total. The molecule has 148 valence electrons. The molecule has 1 heterocycles. The van der Waals surface area contributed by atoms with Crippen LogP contribution in [0.25, 0.3) is 0 Å². The van der Waals surface area contributed by atoms with Crippen molar-refractivity contribution in [3.05, 3.63) is 89.5 Å². The number of nitrogens with zero attached hydrogens (tertiary/aromatic N) is 1. The number of hydrogen-bond acceptors (Lipinski definition) is 3. The molecule has 3 aromatic carbocycles. The molecular weight excluding hydrogens is 360 g/mol. The number of rotatable bonds is 6. The Morgan fingerprint density at radius 2 is 1.79 bits per heavy atom. The minimum absolute atomic E-state index is 0.00604. The monoisotopic (exact) mass is 386 g/mol. The van der Waals surface area contributed by atoms with Crippen LogP contribution in [0.3, 0.4) is 0 Å². The van der Waals surface area contributed by atoms with Gasteiger partial charge in [-0.3, -0.25) is 9.69 Å². The molecule has 1 aliphatic rings. The smallest absolute Gasteiger partial charge is 0.262 e. The van der Waals surface area contributed by atoms with Gasteiger partial charge in [0.15, 0.2) is 0 Å². The number of methoxy groups -OCH3 is 1. The van der Waals surface area contributed by atoms with Gasteiger partial charge in [-0.2, -0.15) is 0 Å². The highest BCUT2D eigenvalue weighted by Gasteiger charge is 2.34. The van der Waals surface area contributed by atoms with Gasteiger partial charge in [0.05, 0.1) is 12.7 Å². The number of aryl methyl sites for hydroxylation is 1. The molecule has 0 aliphatic carbocycles. The Hall–Kier alpha value is -3.27. The van der Waals surface area contributed by atoms with E-state index in [1.807, 2.05) is 65.6 Å². The van der Waals surface area contributed by atoms with Crippen molar-refractivity contribution in [2.75, 3.05) is 17.3 Å². The summed E-state index contributed by atoms with van der Waals surface area (Å²) in [5, 5.41) is 3.54.